The van der Waals surface area contributed by atoms with Gasteiger partial charge in [-0.1, -0.05) is 24.3 Å². The van der Waals surface area contributed by atoms with Crippen molar-refractivity contribution in [1.82, 2.24) is 10.3 Å². The maximum absolute atomic E-state index is 11.3. The van der Waals surface area contributed by atoms with Crippen LogP contribution >= 0.6 is 0 Å². The van der Waals surface area contributed by atoms with Crippen molar-refractivity contribution in [2.45, 2.75) is 20.0 Å². The van der Waals surface area contributed by atoms with Gasteiger partial charge in [0, 0.05) is 19.3 Å². The largest absolute Gasteiger partial charge is 0.465 e. The SMILES string of the molecule is COC(=O)c1ccc(CNCc2ccccc2C)nc1. The Morgan fingerprint density at radius 1 is 1.20 bits per heavy atom. The lowest BCUT2D eigenvalue weighted by molar-refractivity contribution is 0.0600. The highest BCUT2D eigenvalue weighted by Gasteiger charge is 2.05. The lowest BCUT2D eigenvalue weighted by Crippen LogP contribution is -2.14. The molecule has 1 heterocycles. The number of nitrogens with zero attached hydrogens (tertiary/aromatic N) is 1. The van der Waals surface area contributed by atoms with Crippen LogP contribution < -0.4 is 5.32 Å². The summed E-state index contributed by atoms with van der Waals surface area (Å²) in [5.41, 5.74) is 3.91. The third kappa shape index (κ3) is 3.65. The molecule has 0 bridgehead atoms. The molecule has 1 aromatic heterocycles. The predicted molar refractivity (Wildman–Crippen MR) is 77.3 cm³/mol. The van der Waals surface area contributed by atoms with Crippen molar-refractivity contribution in [1.29, 1.82) is 0 Å². The highest BCUT2D eigenvalue weighted by molar-refractivity contribution is 5.88. The Labute approximate surface area is 118 Å². The van der Waals surface area contributed by atoms with Gasteiger partial charge in [-0.3, -0.25) is 4.98 Å². The summed E-state index contributed by atoms with van der Waals surface area (Å²) in [5, 5.41) is 3.34. The summed E-state index contributed by atoms with van der Waals surface area (Å²) in [6.45, 7) is 3.56. The summed E-state index contributed by atoms with van der Waals surface area (Å²) >= 11 is 0. The number of carbonyl (C=O) groups is 1. The molecule has 0 saturated carbocycles. The van der Waals surface area contributed by atoms with E-state index in [1.54, 1.807) is 6.07 Å². The van der Waals surface area contributed by atoms with Crippen molar-refractivity contribution in [2.24, 2.45) is 0 Å². The lowest BCUT2D eigenvalue weighted by atomic mass is 10.1. The van der Waals surface area contributed by atoms with Gasteiger partial charge in [-0.15, -0.1) is 0 Å². The Hall–Kier alpha value is -2.20. The molecule has 0 saturated heterocycles. The molecule has 4 heteroatoms. The van der Waals surface area contributed by atoms with Crippen LogP contribution in [-0.2, 0) is 17.8 Å². The first-order chi connectivity index (χ1) is 9.70. The van der Waals surface area contributed by atoms with Gasteiger partial charge in [0.2, 0.25) is 0 Å². The molecular weight excluding hydrogens is 252 g/mol. The van der Waals surface area contributed by atoms with Crippen LogP contribution in [0, 0.1) is 6.92 Å². The molecule has 1 N–H and O–H groups in total. The normalized spacial score (nSPS) is 10.3. The number of nitrogens with one attached hydrogen (secondary N) is 1. The van der Waals surface area contributed by atoms with Crippen LogP contribution in [0.3, 0.4) is 0 Å². The van der Waals surface area contributed by atoms with E-state index in [0.717, 1.165) is 12.2 Å². The molecule has 1 aromatic carbocycles. The topological polar surface area (TPSA) is 51.2 Å². The van der Waals surface area contributed by atoms with Crippen molar-refractivity contribution in [2.75, 3.05) is 7.11 Å². The first-order valence-electron chi connectivity index (χ1n) is 6.49. The van der Waals surface area contributed by atoms with Crippen molar-refractivity contribution >= 4 is 5.97 Å². The second-order valence-corrected chi connectivity index (χ2v) is 4.56. The average molecular weight is 270 g/mol. The molecule has 0 spiro atoms. The van der Waals surface area contributed by atoms with Gasteiger partial charge in [-0.25, -0.2) is 4.79 Å². The van der Waals surface area contributed by atoms with E-state index < -0.39 is 0 Å². The fraction of sp³-hybridized carbons (Fsp3) is 0.250. The van der Waals surface area contributed by atoms with Crippen LogP contribution in [0.4, 0.5) is 0 Å². The van der Waals surface area contributed by atoms with Gasteiger partial charge in [-0.05, 0) is 30.2 Å². The van der Waals surface area contributed by atoms with Crippen molar-refractivity contribution in [3.8, 4) is 0 Å². The monoisotopic (exact) mass is 270 g/mol. The quantitative estimate of drug-likeness (QED) is 0.848. The number of hydrogen-bond donors (Lipinski definition) is 1. The summed E-state index contributed by atoms with van der Waals surface area (Å²) < 4.78 is 4.63. The second-order valence-electron chi connectivity index (χ2n) is 4.56. The predicted octanol–water partition coefficient (Wildman–Crippen LogP) is 2.47. The Kier molecular flexibility index (Phi) is 4.85. The second kappa shape index (κ2) is 6.82. The zero-order valence-corrected chi connectivity index (χ0v) is 11.7. The molecule has 4 nitrogen and oxygen atoms in total. The number of pyridine rings is 1. The van der Waals surface area contributed by atoms with E-state index in [2.05, 4.69) is 34.1 Å². The molecule has 0 aliphatic rings. The number of esters is 1. The Bertz CT molecular complexity index is 579. The standard InChI is InChI=1S/C16H18N2O2/c1-12-5-3-4-6-13(12)9-17-11-15-8-7-14(10-18-15)16(19)20-2/h3-8,10,17H,9,11H2,1-2H3. The summed E-state index contributed by atoms with van der Waals surface area (Å²) in [6, 6.07) is 11.8. The third-order valence-electron chi connectivity index (χ3n) is 3.13. The zero-order valence-electron chi connectivity index (χ0n) is 11.7. The highest BCUT2D eigenvalue weighted by atomic mass is 16.5. The smallest absolute Gasteiger partial charge is 0.339 e. The van der Waals surface area contributed by atoms with Crippen LogP contribution in [0.2, 0.25) is 0 Å². The average Bonchev–Trinajstić information content (AvgIpc) is 2.49. The molecule has 0 aliphatic heterocycles. The van der Waals surface area contributed by atoms with E-state index in [4.69, 9.17) is 0 Å². The first kappa shape index (κ1) is 14.2. The van der Waals surface area contributed by atoms with E-state index in [-0.39, 0.29) is 5.97 Å². The van der Waals surface area contributed by atoms with Crippen molar-refractivity contribution < 1.29 is 9.53 Å². The summed E-state index contributed by atoms with van der Waals surface area (Å²) in [7, 11) is 1.36. The first-order valence-corrected chi connectivity index (χ1v) is 6.49. The lowest BCUT2D eigenvalue weighted by Gasteiger charge is -2.07. The van der Waals surface area contributed by atoms with Crippen molar-refractivity contribution in [3.05, 3.63) is 65.0 Å². The van der Waals surface area contributed by atoms with Gasteiger partial charge >= 0.3 is 5.97 Å². The number of methoxy groups -OCH3 is 1. The molecule has 104 valence electrons. The molecule has 0 atom stereocenters. The van der Waals surface area contributed by atoms with Gasteiger partial charge in [0.1, 0.15) is 0 Å². The molecular formula is C16H18N2O2. The molecule has 0 fully saturated rings. The molecule has 0 radical (unpaired) electrons. The Morgan fingerprint density at radius 2 is 2.00 bits per heavy atom. The maximum Gasteiger partial charge on any atom is 0.339 e. The number of aromatic nitrogens is 1. The Morgan fingerprint density at radius 3 is 2.65 bits per heavy atom. The molecule has 2 aromatic rings. The van der Waals surface area contributed by atoms with Gasteiger partial charge in [0.25, 0.3) is 0 Å². The number of hydrogen-bond acceptors (Lipinski definition) is 4. The third-order valence-corrected chi connectivity index (χ3v) is 3.13. The number of rotatable bonds is 5. The molecule has 0 unspecified atom stereocenters. The number of ether oxygens (including phenoxy) is 1. The number of benzene rings is 1. The van der Waals surface area contributed by atoms with Crippen LogP contribution in [0.1, 0.15) is 27.2 Å². The van der Waals surface area contributed by atoms with E-state index >= 15 is 0 Å². The van der Waals surface area contributed by atoms with Crippen LogP contribution in [0.25, 0.3) is 0 Å². The maximum atomic E-state index is 11.3. The molecule has 20 heavy (non-hydrogen) atoms. The zero-order chi connectivity index (χ0) is 14.4. The van der Waals surface area contributed by atoms with Crippen LogP contribution in [0.5, 0.6) is 0 Å². The van der Waals surface area contributed by atoms with Gasteiger partial charge in [0.15, 0.2) is 0 Å². The van der Waals surface area contributed by atoms with Crippen molar-refractivity contribution in [3.63, 3.8) is 0 Å². The fourth-order valence-electron chi connectivity index (χ4n) is 1.90. The Balaban J connectivity index is 1.88. The summed E-state index contributed by atoms with van der Waals surface area (Å²) in [6.07, 6.45) is 1.54. The summed E-state index contributed by atoms with van der Waals surface area (Å²) in [5.74, 6) is -0.364. The van der Waals surface area contributed by atoms with E-state index in [9.17, 15) is 4.79 Å². The van der Waals surface area contributed by atoms with Gasteiger partial charge in [-0.2, -0.15) is 0 Å². The molecule has 0 aliphatic carbocycles. The van der Waals surface area contributed by atoms with Crippen LogP contribution in [0.15, 0.2) is 42.6 Å². The van der Waals surface area contributed by atoms with Gasteiger partial charge < -0.3 is 10.1 Å². The molecule has 2 rings (SSSR count). The van der Waals surface area contributed by atoms with E-state index in [0.29, 0.717) is 12.1 Å². The van der Waals surface area contributed by atoms with Gasteiger partial charge in [0.05, 0.1) is 18.4 Å². The summed E-state index contributed by atoms with van der Waals surface area (Å²) in [4.78, 5) is 15.5. The minimum atomic E-state index is -0.364. The van der Waals surface area contributed by atoms with E-state index in [1.165, 1.54) is 24.4 Å². The minimum absolute atomic E-state index is 0.364. The van der Waals surface area contributed by atoms with E-state index in [1.807, 2.05) is 18.2 Å². The highest BCUT2D eigenvalue weighted by Crippen LogP contribution is 2.07. The molecule has 0 amide bonds. The van der Waals surface area contributed by atoms with Crippen LogP contribution in [-0.4, -0.2) is 18.1 Å². The number of carbonyl (C=O) groups excluding carboxylic acids is 1. The number of aryl methyl sites for hydroxylation is 1. The fourth-order valence-corrected chi connectivity index (χ4v) is 1.90. The minimum Gasteiger partial charge on any atom is -0.465 e.